The maximum atomic E-state index is 14.0. The largest absolute Gasteiger partial charge is 0.206 e. The van der Waals surface area contributed by atoms with Gasteiger partial charge in [-0.05, 0) is 111 Å². The number of rotatable bonds is 7. The molecule has 3 aliphatic rings. The van der Waals surface area contributed by atoms with Crippen molar-refractivity contribution in [3.63, 3.8) is 0 Å². The number of hydrogen-bond acceptors (Lipinski definition) is 1. The van der Waals surface area contributed by atoms with E-state index >= 15 is 0 Å². The number of benzene rings is 1. The predicted octanol–water partition coefficient (Wildman–Crippen LogP) is 8.77. The van der Waals surface area contributed by atoms with Gasteiger partial charge in [0.1, 0.15) is 11.9 Å². The van der Waals surface area contributed by atoms with Crippen LogP contribution in [0.1, 0.15) is 120 Å². The molecule has 31 heavy (non-hydrogen) atoms. The lowest BCUT2D eigenvalue weighted by atomic mass is 9.60. The van der Waals surface area contributed by atoms with Crippen molar-refractivity contribution in [3.05, 3.63) is 35.1 Å². The van der Waals surface area contributed by atoms with Crippen LogP contribution in [-0.2, 0) is 0 Å². The lowest BCUT2D eigenvalue weighted by Gasteiger charge is -2.45. The summed E-state index contributed by atoms with van der Waals surface area (Å²) in [5.41, 5.74) is 1.28. The van der Waals surface area contributed by atoms with Crippen molar-refractivity contribution >= 4 is 0 Å². The van der Waals surface area contributed by atoms with E-state index in [1.807, 2.05) is 12.1 Å². The molecule has 0 aliphatic heterocycles. The summed E-state index contributed by atoms with van der Waals surface area (Å²) >= 11 is 0. The fraction of sp³-hybridized carbons (Fsp3) is 0.759. The SMILES string of the molecule is CCCCCCC1CCC2CC(C3CCC(c4ccc(C#N)c(F)c4)CC3)CCC2C1. The Bertz CT molecular complexity index is 742. The summed E-state index contributed by atoms with van der Waals surface area (Å²) in [5.74, 6) is 5.04. The minimum Gasteiger partial charge on any atom is -0.206 e. The van der Waals surface area contributed by atoms with Crippen LogP contribution >= 0.6 is 0 Å². The highest BCUT2D eigenvalue weighted by atomic mass is 19.1. The fourth-order valence-electron chi connectivity index (χ4n) is 7.37. The monoisotopic (exact) mass is 423 g/mol. The van der Waals surface area contributed by atoms with Gasteiger partial charge in [-0.3, -0.25) is 0 Å². The minimum absolute atomic E-state index is 0.171. The van der Waals surface area contributed by atoms with Gasteiger partial charge in [0.05, 0.1) is 5.56 Å². The Balaban J connectivity index is 1.22. The molecule has 3 saturated carbocycles. The Morgan fingerprint density at radius 1 is 0.839 bits per heavy atom. The number of hydrogen-bond donors (Lipinski definition) is 0. The van der Waals surface area contributed by atoms with Crippen molar-refractivity contribution in [2.24, 2.45) is 29.6 Å². The molecule has 1 aromatic rings. The van der Waals surface area contributed by atoms with E-state index in [0.717, 1.165) is 35.2 Å². The second-order valence-electron chi connectivity index (χ2n) is 11.1. The molecule has 3 aliphatic carbocycles. The highest BCUT2D eigenvalue weighted by molar-refractivity contribution is 5.34. The number of nitrogens with zero attached hydrogens (tertiary/aromatic N) is 1. The molecule has 1 aromatic carbocycles. The average molecular weight is 424 g/mol. The van der Waals surface area contributed by atoms with E-state index in [2.05, 4.69) is 6.92 Å². The van der Waals surface area contributed by atoms with Crippen molar-refractivity contribution < 1.29 is 4.39 Å². The van der Waals surface area contributed by atoms with Crippen molar-refractivity contribution in [3.8, 4) is 6.07 Å². The number of halogens is 1. The molecular formula is C29H42FN. The smallest absolute Gasteiger partial charge is 0.141 e. The van der Waals surface area contributed by atoms with Crippen molar-refractivity contribution in [2.75, 3.05) is 0 Å². The predicted molar refractivity (Wildman–Crippen MR) is 126 cm³/mol. The van der Waals surface area contributed by atoms with Gasteiger partial charge in [0.15, 0.2) is 0 Å². The first-order valence-corrected chi connectivity index (χ1v) is 13.4. The van der Waals surface area contributed by atoms with E-state index in [0.29, 0.717) is 5.92 Å². The maximum Gasteiger partial charge on any atom is 0.141 e. The highest BCUT2D eigenvalue weighted by Crippen LogP contribution is 2.50. The molecule has 0 spiro atoms. The Morgan fingerprint density at radius 3 is 2.23 bits per heavy atom. The van der Waals surface area contributed by atoms with Gasteiger partial charge in [-0.2, -0.15) is 5.26 Å². The molecule has 2 heteroatoms. The molecule has 0 saturated heterocycles. The van der Waals surface area contributed by atoms with E-state index in [1.54, 1.807) is 12.1 Å². The normalized spacial score (nSPS) is 33.5. The van der Waals surface area contributed by atoms with Crippen LogP contribution in [0.25, 0.3) is 0 Å². The van der Waals surface area contributed by atoms with Crippen molar-refractivity contribution in [1.29, 1.82) is 5.26 Å². The highest BCUT2D eigenvalue weighted by Gasteiger charge is 2.38. The van der Waals surface area contributed by atoms with Crippen molar-refractivity contribution in [2.45, 2.75) is 109 Å². The first-order valence-electron chi connectivity index (χ1n) is 13.4. The molecule has 3 fully saturated rings. The standard InChI is InChI=1S/C29H42FN/c1-2-3-4-5-6-21-7-8-26-18-25(14-13-24(26)17-21)22-9-11-23(12-10-22)27-15-16-28(20-31)29(30)19-27/h15-16,19,21-26H,2-14,17-18H2,1H3. The summed E-state index contributed by atoms with van der Waals surface area (Å²) in [7, 11) is 0. The molecule has 4 unspecified atom stereocenters. The van der Waals surface area contributed by atoms with Gasteiger partial charge in [0.2, 0.25) is 0 Å². The summed E-state index contributed by atoms with van der Waals surface area (Å²) in [4.78, 5) is 0. The van der Waals surface area contributed by atoms with Gasteiger partial charge >= 0.3 is 0 Å². The van der Waals surface area contributed by atoms with E-state index in [1.165, 1.54) is 96.3 Å². The molecule has 4 rings (SSSR count). The molecule has 4 atom stereocenters. The molecule has 1 nitrogen and oxygen atoms in total. The lowest BCUT2D eigenvalue weighted by molar-refractivity contribution is 0.0613. The molecule has 0 bridgehead atoms. The summed E-state index contributed by atoms with van der Waals surface area (Å²) in [6.45, 7) is 2.31. The van der Waals surface area contributed by atoms with Crippen LogP contribution in [0.15, 0.2) is 18.2 Å². The Kier molecular flexibility index (Phi) is 8.08. The van der Waals surface area contributed by atoms with E-state index < -0.39 is 0 Å². The average Bonchev–Trinajstić information content (AvgIpc) is 2.81. The van der Waals surface area contributed by atoms with Gasteiger partial charge in [0.25, 0.3) is 0 Å². The summed E-state index contributed by atoms with van der Waals surface area (Å²) in [5, 5.41) is 8.96. The molecular weight excluding hydrogens is 381 g/mol. The van der Waals surface area contributed by atoms with Gasteiger partial charge < -0.3 is 0 Å². The summed E-state index contributed by atoms with van der Waals surface area (Å²) in [6.07, 6.45) is 21.2. The molecule has 0 amide bonds. The van der Waals surface area contributed by atoms with Crippen molar-refractivity contribution in [1.82, 2.24) is 0 Å². The first-order chi connectivity index (χ1) is 15.2. The third kappa shape index (κ3) is 5.71. The van der Waals surface area contributed by atoms with Crippen LogP contribution in [-0.4, -0.2) is 0 Å². The van der Waals surface area contributed by atoms with Crippen LogP contribution in [0.5, 0.6) is 0 Å². The lowest BCUT2D eigenvalue weighted by Crippen LogP contribution is -2.34. The Labute approximate surface area is 189 Å². The van der Waals surface area contributed by atoms with Crippen LogP contribution in [0, 0.1) is 46.7 Å². The molecule has 0 N–H and O–H groups in total. The summed E-state index contributed by atoms with van der Waals surface area (Å²) in [6, 6.07) is 7.21. The minimum atomic E-state index is -0.346. The molecule has 170 valence electrons. The Hall–Kier alpha value is -1.36. The zero-order valence-corrected chi connectivity index (χ0v) is 19.6. The third-order valence-corrected chi connectivity index (χ3v) is 9.25. The number of fused-ring (bicyclic) bond motifs is 1. The number of nitriles is 1. The van der Waals surface area contributed by atoms with Gasteiger partial charge in [0, 0.05) is 0 Å². The van der Waals surface area contributed by atoms with E-state index in [-0.39, 0.29) is 11.4 Å². The molecule has 0 aromatic heterocycles. The third-order valence-electron chi connectivity index (χ3n) is 9.25. The summed E-state index contributed by atoms with van der Waals surface area (Å²) < 4.78 is 14.0. The number of unbranched alkanes of at least 4 members (excludes halogenated alkanes) is 3. The van der Waals surface area contributed by atoms with Crippen LogP contribution < -0.4 is 0 Å². The second kappa shape index (κ2) is 11.0. The zero-order valence-electron chi connectivity index (χ0n) is 19.6. The van der Waals surface area contributed by atoms with Gasteiger partial charge in [-0.15, -0.1) is 0 Å². The van der Waals surface area contributed by atoms with E-state index in [4.69, 9.17) is 5.26 Å². The van der Waals surface area contributed by atoms with Crippen LogP contribution in [0.3, 0.4) is 0 Å². The first kappa shape index (κ1) is 22.8. The Morgan fingerprint density at radius 2 is 1.52 bits per heavy atom. The molecule has 0 radical (unpaired) electrons. The van der Waals surface area contributed by atoms with Gasteiger partial charge in [-0.1, -0.05) is 51.5 Å². The molecule has 0 heterocycles. The van der Waals surface area contributed by atoms with Crippen LogP contribution in [0.4, 0.5) is 4.39 Å². The van der Waals surface area contributed by atoms with E-state index in [9.17, 15) is 4.39 Å². The topological polar surface area (TPSA) is 23.8 Å². The van der Waals surface area contributed by atoms with Gasteiger partial charge in [-0.25, -0.2) is 4.39 Å². The second-order valence-corrected chi connectivity index (χ2v) is 11.1. The maximum absolute atomic E-state index is 14.0. The van der Waals surface area contributed by atoms with Crippen LogP contribution in [0.2, 0.25) is 0 Å². The zero-order chi connectivity index (χ0) is 21.6. The fourth-order valence-corrected chi connectivity index (χ4v) is 7.37. The quantitative estimate of drug-likeness (QED) is 0.402.